The average Bonchev–Trinajstić information content (AvgIpc) is 3.08. The summed E-state index contributed by atoms with van der Waals surface area (Å²) in [5, 5.41) is 3.39. The SMILES string of the molecule is CC(C)C(=O)N[C@@H]1C(C)(C)[C@@H]2C[C@@H]3[C@@H](c4ccccc4F)OCC[C@@]31C2. The fourth-order valence-corrected chi connectivity index (χ4v) is 6.11. The first kappa shape index (κ1) is 18.0. The molecule has 1 N–H and O–H groups in total. The highest BCUT2D eigenvalue weighted by atomic mass is 19.1. The molecule has 1 aromatic rings. The van der Waals surface area contributed by atoms with Crippen LogP contribution in [0.3, 0.4) is 0 Å². The van der Waals surface area contributed by atoms with E-state index in [9.17, 15) is 9.18 Å². The van der Waals surface area contributed by atoms with Gasteiger partial charge in [-0.25, -0.2) is 4.39 Å². The summed E-state index contributed by atoms with van der Waals surface area (Å²) in [7, 11) is 0. The average molecular weight is 359 g/mol. The molecule has 3 fully saturated rings. The summed E-state index contributed by atoms with van der Waals surface area (Å²) < 4.78 is 20.6. The molecule has 2 saturated carbocycles. The second-order valence-electron chi connectivity index (χ2n) is 9.46. The van der Waals surface area contributed by atoms with Crippen LogP contribution in [0, 0.1) is 34.4 Å². The van der Waals surface area contributed by atoms with Crippen LogP contribution in [0.4, 0.5) is 4.39 Å². The lowest BCUT2D eigenvalue weighted by atomic mass is 9.58. The van der Waals surface area contributed by atoms with Gasteiger partial charge in [-0.15, -0.1) is 0 Å². The van der Waals surface area contributed by atoms with Gasteiger partial charge in [0.05, 0.1) is 6.10 Å². The van der Waals surface area contributed by atoms with E-state index in [0.29, 0.717) is 18.1 Å². The van der Waals surface area contributed by atoms with Crippen molar-refractivity contribution < 1.29 is 13.9 Å². The van der Waals surface area contributed by atoms with Crippen molar-refractivity contribution in [1.29, 1.82) is 0 Å². The normalized spacial score (nSPS) is 37.6. The number of nitrogens with one attached hydrogen (secondary N) is 1. The third kappa shape index (κ3) is 2.45. The van der Waals surface area contributed by atoms with E-state index in [1.54, 1.807) is 6.07 Å². The molecule has 4 rings (SSSR count). The van der Waals surface area contributed by atoms with Crippen molar-refractivity contribution in [1.82, 2.24) is 5.32 Å². The summed E-state index contributed by atoms with van der Waals surface area (Å²) in [5.41, 5.74) is 0.762. The maximum atomic E-state index is 14.5. The van der Waals surface area contributed by atoms with Crippen LogP contribution in [0.25, 0.3) is 0 Å². The second-order valence-corrected chi connectivity index (χ2v) is 9.46. The fourth-order valence-electron chi connectivity index (χ4n) is 6.11. The lowest BCUT2D eigenvalue weighted by Gasteiger charge is -2.53. The zero-order valence-corrected chi connectivity index (χ0v) is 16.2. The molecule has 1 aromatic carbocycles. The molecule has 26 heavy (non-hydrogen) atoms. The first-order valence-electron chi connectivity index (χ1n) is 9.94. The summed E-state index contributed by atoms with van der Waals surface area (Å²) in [5.74, 6) is 0.726. The van der Waals surface area contributed by atoms with Crippen LogP contribution in [0.5, 0.6) is 0 Å². The molecule has 2 bridgehead atoms. The van der Waals surface area contributed by atoms with Crippen LogP contribution in [0.15, 0.2) is 24.3 Å². The minimum Gasteiger partial charge on any atom is -0.373 e. The number of carbonyl (C=O) groups excluding carboxylic acids is 1. The lowest BCUT2D eigenvalue weighted by Crippen LogP contribution is -2.59. The van der Waals surface area contributed by atoms with Crippen molar-refractivity contribution in [3.8, 4) is 0 Å². The van der Waals surface area contributed by atoms with E-state index in [1.165, 1.54) is 6.07 Å². The van der Waals surface area contributed by atoms with Gasteiger partial charge in [0.2, 0.25) is 5.91 Å². The maximum absolute atomic E-state index is 14.5. The van der Waals surface area contributed by atoms with Crippen LogP contribution >= 0.6 is 0 Å². The quantitative estimate of drug-likeness (QED) is 0.864. The highest BCUT2D eigenvalue weighted by molar-refractivity contribution is 5.78. The van der Waals surface area contributed by atoms with Crippen LogP contribution in [0.2, 0.25) is 0 Å². The maximum Gasteiger partial charge on any atom is 0.222 e. The van der Waals surface area contributed by atoms with Crippen LogP contribution in [0.1, 0.15) is 58.6 Å². The zero-order valence-electron chi connectivity index (χ0n) is 16.2. The van der Waals surface area contributed by atoms with Gasteiger partial charge in [-0.3, -0.25) is 4.79 Å². The third-order valence-electron chi connectivity index (χ3n) is 7.53. The van der Waals surface area contributed by atoms with Crippen molar-refractivity contribution in [2.24, 2.45) is 28.6 Å². The van der Waals surface area contributed by atoms with Crippen molar-refractivity contribution in [3.05, 3.63) is 35.6 Å². The molecule has 4 heteroatoms. The molecule has 2 aliphatic carbocycles. The first-order chi connectivity index (χ1) is 12.3. The molecule has 1 heterocycles. The Hall–Kier alpha value is -1.42. The van der Waals surface area contributed by atoms with Gasteiger partial charge in [0.15, 0.2) is 0 Å². The van der Waals surface area contributed by atoms with Gasteiger partial charge in [0.25, 0.3) is 0 Å². The molecule has 1 aliphatic heterocycles. The Balaban J connectivity index is 1.71. The summed E-state index contributed by atoms with van der Waals surface area (Å²) in [6.45, 7) is 9.10. The predicted molar refractivity (Wildman–Crippen MR) is 98.9 cm³/mol. The van der Waals surface area contributed by atoms with E-state index in [1.807, 2.05) is 26.0 Å². The molecule has 3 nitrogen and oxygen atoms in total. The smallest absolute Gasteiger partial charge is 0.222 e. The molecular formula is C22H30FNO2. The Bertz CT molecular complexity index is 716. The van der Waals surface area contributed by atoms with Crippen LogP contribution < -0.4 is 5.32 Å². The van der Waals surface area contributed by atoms with Gasteiger partial charge in [-0.1, -0.05) is 45.9 Å². The van der Waals surface area contributed by atoms with Crippen molar-refractivity contribution in [3.63, 3.8) is 0 Å². The molecule has 5 atom stereocenters. The van der Waals surface area contributed by atoms with Gasteiger partial charge in [-0.2, -0.15) is 0 Å². The third-order valence-corrected chi connectivity index (χ3v) is 7.53. The standard InChI is InChI=1S/C22H30FNO2/c1-13(2)19(25)24-20-21(3,4)14-11-16-18(15-7-5-6-8-17(15)23)26-10-9-22(16,20)12-14/h5-8,13-14,16,18,20H,9-12H2,1-4H3,(H,24,25)/t14-,16-,18-,20-,22-/m1/s1. The predicted octanol–water partition coefficient (Wildman–Crippen LogP) is 4.48. The molecule has 142 valence electrons. The summed E-state index contributed by atoms with van der Waals surface area (Å²) in [6.07, 6.45) is 2.91. The molecule has 1 spiro atoms. The summed E-state index contributed by atoms with van der Waals surface area (Å²) in [4.78, 5) is 12.5. The Morgan fingerprint density at radius 2 is 2.04 bits per heavy atom. The fraction of sp³-hybridized carbons (Fsp3) is 0.682. The van der Waals surface area contributed by atoms with Gasteiger partial charge in [0.1, 0.15) is 5.82 Å². The molecule has 3 aliphatic rings. The Morgan fingerprint density at radius 1 is 1.31 bits per heavy atom. The summed E-state index contributed by atoms with van der Waals surface area (Å²) in [6, 6.07) is 7.13. The highest BCUT2D eigenvalue weighted by Crippen LogP contribution is 2.70. The van der Waals surface area contributed by atoms with E-state index in [-0.39, 0.29) is 46.5 Å². The number of ether oxygens (including phenoxy) is 1. The van der Waals surface area contributed by atoms with E-state index in [4.69, 9.17) is 4.74 Å². The number of benzene rings is 1. The molecule has 0 aromatic heterocycles. The molecule has 0 unspecified atom stereocenters. The van der Waals surface area contributed by atoms with Crippen LogP contribution in [-0.2, 0) is 9.53 Å². The van der Waals surface area contributed by atoms with Crippen molar-refractivity contribution in [2.75, 3.05) is 6.61 Å². The van der Waals surface area contributed by atoms with E-state index in [0.717, 1.165) is 19.3 Å². The van der Waals surface area contributed by atoms with Gasteiger partial charge in [-0.05, 0) is 48.0 Å². The molecular weight excluding hydrogens is 329 g/mol. The lowest BCUT2D eigenvalue weighted by molar-refractivity contribution is -0.139. The molecule has 1 amide bonds. The largest absolute Gasteiger partial charge is 0.373 e. The van der Waals surface area contributed by atoms with Gasteiger partial charge >= 0.3 is 0 Å². The van der Waals surface area contributed by atoms with Crippen molar-refractivity contribution >= 4 is 5.91 Å². The number of hydrogen-bond acceptors (Lipinski definition) is 2. The number of halogens is 1. The molecule has 0 radical (unpaired) electrons. The van der Waals surface area contributed by atoms with Crippen molar-refractivity contribution in [2.45, 2.75) is 59.1 Å². The Morgan fingerprint density at radius 3 is 2.73 bits per heavy atom. The number of rotatable bonds is 3. The van der Waals surface area contributed by atoms with E-state index >= 15 is 0 Å². The minimum absolute atomic E-state index is 0.0178. The molecule has 1 saturated heterocycles. The number of amides is 1. The van der Waals surface area contributed by atoms with E-state index < -0.39 is 0 Å². The number of carbonyl (C=O) groups is 1. The second kappa shape index (κ2) is 6.05. The van der Waals surface area contributed by atoms with Gasteiger partial charge < -0.3 is 10.1 Å². The van der Waals surface area contributed by atoms with Crippen LogP contribution in [-0.4, -0.2) is 18.6 Å². The highest BCUT2D eigenvalue weighted by Gasteiger charge is 2.68. The topological polar surface area (TPSA) is 38.3 Å². The number of fused-ring (bicyclic) bond motifs is 1. The summed E-state index contributed by atoms with van der Waals surface area (Å²) >= 11 is 0. The first-order valence-corrected chi connectivity index (χ1v) is 9.94. The Labute approximate surface area is 155 Å². The Kier molecular flexibility index (Phi) is 4.18. The van der Waals surface area contributed by atoms with Gasteiger partial charge in [0, 0.05) is 24.1 Å². The minimum atomic E-state index is -0.204. The zero-order chi connectivity index (χ0) is 18.7. The number of hydrogen-bond donors (Lipinski definition) is 1. The van der Waals surface area contributed by atoms with E-state index in [2.05, 4.69) is 19.2 Å². The monoisotopic (exact) mass is 359 g/mol.